The Kier molecular flexibility index (Phi) is 5.13. The Morgan fingerprint density at radius 1 is 1.37 bits per heavy atom. The molecule has 106 valence electrons. The summed E-state index contributed by atoms with van der Waals surface area (Å²) in [6.07, 6.45) is 1.19. The second-order valence-corrected chi connectivity index (χ2v) is 6.53. The van der Waals surface area contributed by atoms with Gasteiger partial charge >= 0.3 is 0 Å². The summed E-state index contributed by atoms with van der Waals surface area (Å²) in [4.78, 5) is 2.39. The molecule has 1 aromatic rings. The monoisotopic (exact) mass is 300 g/mol. The molecule has 1 N–H and O–H groups in total. The van der Waals surface area contributed by atoms with Gasteiger partial charge in [0.05, 0.1) is 0 Å². The van der Waals surface area contributed by atoms with Crippen LogP contribution in [0.2, 0.25) is 10.0 Å². The maximum absolute atomic E-state index is 6.27. The topological polar surface area (TPSA) is 15.3 Å². The average molecular weight is 301 g/mol. The van der Waals surface area contributed by atoms with E-state index < -0.39 is 0 Å². The zero-order valence-corrected chi connectivity index (χ0v) is 13.3. The molecule has 1 fully saturated rings. The van der Waals surface area contributed by atoms with Crippen LogP contribution in [-0.2, 0) is 0 Å². The molecule has 0 aliphatic carbocycles. The Bertz CT molecular complexity index is 436. The van der Waals surface area contributed by atoms with E-state index in [-0.39, 0.29) is 6.04 Å². The highest BCUT2D eigenvalue weighted by atomic mass is 35.5. The zero-order chi connectivity index (χ0) is 14.0. The molecule has 0 spiro atoms. The number of benzene rings is 1. The van der Waals surface area contributed by atoms with Crippen molar-refractivity contribution in [3.8, 4) is 0 Å². The first-order valence-electron chi connectivity index (χ1n) is 6.87. The van der Waals surface area contributed by atoms with E-state index in [0.29, 0.717) is 17.0 Å². The van der Waals surface area contributed by atoms with Gasteiger partial charge in [-0.1, -0.05) is 36.2 Å². The van der Waals surface area contributed by atoms with E-state index in [1.54, 1.807) is 0 Å². The molecule has 4 heteroatoms. The van der Waals surface area contributed by atoms with Crippen molar-refractivity contribution < 1.29 is 0 Å². The van der Waals surface area contributed by atoms with Crippen molar-refractivity contribution in [1.29, 1.82) is 0 Å². The zero-order valence-electron chi connectivity index (χ0n) is 11.8. The van der Waals surface area contributed by atoms with Crippen molar-refractivity contribution in [3.63, 3.8) is 0 Å². The van der Waals surface area contributed by atoms with Crippen molar-refractivity contribution in [3.05, 3.63) is 33.8 Å². The van der Waals surface area contributed by atoms with Crippen LogP contribution in [0.1, 0.15) is 31.9 Å². The number of nitrogens with zero attached hydrogens (tertiary/aromatic N) is 1. The van der Waals surface area contributed by atoms with Crippen LogP contribution in [0.4, 0.5) is 0 Å². The van der Waals surface area contributed by atoms with Gasteiger partial charge < -0.3 is 10.2 Å². The van der Waals surface area contributed by atoms with Gasteiger partial charge in [0.1, 0.15) is 0 Å². The van der Waals surface area contributed by atoms with E-state index in [9.17, 15) is 0 Å². The van der Waals surface area contributed by atoms with Gasteiger partial charge in [-0.25, -0.2) is 0 Å². The van der Waals surface area contributed by atoms with Gasteiger partial charge in [-0.3, -0.25) is 0 Å². The van der Waals surface area contributed by atoms with Crippen molar-refractivity contribution in [1.82, 2.24) is 10.2 Å². The maximum atomic E-state index is 6.27. The van der Waals surface area contributed by atoms with Gasteiger partial charge in [-0.2, -0.15) is 0 Å². The van der Waals surface area contributed by atoms with E-state index in [1.165, 1.54) is 6.42 Å². The molecule has 0 amide bonds. The summed E-state index contributed by atoms with van der Waals surface area (Å²) in [5, 5.41) is 5.14. The molecule has 2 rings (SSSR count). The largest absolute Gasteiger partial charge is 0.307 e. The number of halogens is 2. The van der Waals surface area contributed by atoms with Crippen molar-refractivity contribution in [2.45, 2.75) is 32.4 Å². The normalized spacial score (nSPS) is 26.4. The summed E-state index contributed by atoms with van der Waals surface area (Å²) in [5.74, 6) is 0.660. The second-order valence-electron chi connectivity index (χ2n) is 5.69. The fourth-order valence-corrected chi connectivity index (χ4v) is 3.44. The van der Waals surface area contributed by atoms with Crippen molar-refractivity contribution >= 4 is 23.2 Å². The molecule has 2 nitrogen and oxygen atoms in total. The molecule has 0 radical (unpaired) electrons. The van der Waals surface area contributed by atoms with Gasteiger partial charge in [0.2, 0.25) is 0 Å². The molecule has 19 heavy (non-hydrogen) atoms. The van der Waals surface area contributed by atoms with Crippen LogP contribution >= 0.6 is 23.2 Å². The van der Waals surface area contributed by atoms with E-state index in [2.05, 4.69) is 31.1 Å². The lowest BCUT2D eigenvalue weighted by atomic mass is 9.93. The number of hydrogen-bond acceptors (Lipinski definition) is 2. The van der Waals surface area contributed by atoms with Crippen molar-refractivity contribution in [2.75, 3.05) is 20.1 Å². The number of piperidine rings is 1. The molecular formula is C15H22Cl2N2. The van der Waals surface area contributed by atoms with Gasteiger partial charge in [0.25, 0.3) is 0 Å². The Balaban J connectivity index is 2.02. The summed E-state index contributed by atoms with van der Waals surface area (Å²) in [6.45, 7) is 6.78. The molecular weight excluding hydrogens is 279 g/mol. The fourth-order valence-electron chi connectivity index (χ4n) is 2.87. The summed E-state index contributed by atoms with van der Waals surface area (Å²) in [6, 6.07) is 6.54. The van der Waals surface area contributed by atoms with Gasteiger partial charge in [0.15, 0.2) is 0 Å². The van der Waals surface area contributed by atoms with Crippen molar-refractivity contribution in [2.24, 2.45) is 5.92 Å². The lowest BCUT2D eigenvalue weighted by molar-refractivity contribution is 0.168. The van der Waals surface area contributed by atoms with E-state index >= 15 is 0 Å². The first-order valence-corrected chi connectivity index (χ1v) is 7.62. The number of rotatable bonds is 3. The van der Waals surface area contributed by atoms with E-state index in [0.717, 1.165) is 23.7 Å². The third kappa shape index (κ3) is 3.85. The van der Waals surface area contributed by atoms with Gasteiger partial charge in [-0.05, 0) is 50.6 Å². The number of nitrogens with one attached hydrogen (secondary N) is 1. The Hall–Kier alpha value is -0.280. The molecule has 1 aliphatic heterocycles. The molecule has 1 aliphatic rings. The lowest BCUT2D eigenvalue weighted by Crippen LogP contribution is -2.47. The molecule has 3 atom stereocenters. The lowest BCUT2D eigenvalue weighted by Gasteiger charge is -2.37. The standard InChI is InChI=1S/C15H22Cl2N2/c1-10-9-19(3)7-6-15(10)18-11(2)13-5-4-12(16)8-14(13)17/h4-5,8,10-11,15,18H,6-7,9H2,1-3H3. The molecule has 0 bridgehead atoms. The summed E-state index contributed by atoms with van der Waals surface area (Å²) >= 11 is 12.2. The average Bonchev–Trinajstić information content (AvgIpc) is 2.32. The molecule has 1 heterocycles. The Morgan fingerprint density at radius 3 is 2.74 bits per heavy atom. The van der Waals surface area contributed by atoms with Crippen LogP contribution in [0, 0.1) is 5.92 Å². The first kappa shape index (κ1) is 15.1. The van der Waals surface area contributed by atoms with Crippen LogP contribution in [0.3, 0.4) is 0 Å². The summed E-state index contributed by atoms with van der Waals surface area (Å²) in [5.41, 5.74) is 1.12. The third-order valence-electron chi connectivity index (χ3n) is 4.00. The van der Waals surface area contributed by atoms with Crippen LogP contribution in [0.5, 0.6) is 0 Å². The molecule has 0 saturated carbocycles. The minimum atomic E-state index is 0.251. The quantitative estimate of drug-likeness (QED) is 0.908. The first-order chi connectivity index (χ1) is 8.97. The maximum Gasteiger partial charge on any atom is 0.0468 e. The highest BCUT2D eigenvalue weighted by Crippen LogP contribution is 2.27. The molecule has 1 saturated heterocycles. The van der Waals surface area contributed by atoms with Gasteiger partial charge in [-0.15, -0.1) is 0 Å². The Labute approximate surface area is 126 Å². The summed E-state index contributed by atoms with van der Waals surface area (Å²) < 4.78 is 0. The minimum absolute atomic E-state index is 0.251. The highest BCUT2D eigenvalue weighted by Gasteiger charge is 2.25. The van der Waals surface area contributed by atoms with Crippen LogP contribution in [0.15, 0.2) is 18.2 Å². The third-order valence-corrected chi connectivity index (χ3v) is 4.56. The van der Waals surface area contributed by atoms with Crippen LogP contribution in [0.25, 0.3) is 0 Å². The molecule has 3 unspecified atom stereocenters. The number of hydrogen-bond donors (Lipinski definition) is 1. The smallest absolute Gasteiger partial charge is 0.0468 e. The van der Waals surface area contributed by atoms with Gasteiger partial charge in [0, 0.05) is 28.7 Å². The molecule has 0 aromatic heterocycles. The second kappa shape index (κ2) is 6.45. The highest BCUT2D eigenvalue weighted by molar-refractivity contribution is 6.35. The predicted octanol–water partition coefficient (Wildman–Crippen LogP) is 3.98. The van der Waals surface area contributed by atoms with E-state index in [1.807, 2.05) is 18.2 Å². The van der Waals surface area contributed by atoms with E-state index in [4.69, 9.17) is 23.2 Å². The summed E-state index contributed by atoms with van der Waals surface area (Å²) in [7, 11) is 2.19. The minimum Gasteiger partial charge on any atom is -0.307 e. The fraction of sp³-hybridized carbons (Fsp3) is 0.600. The molecule has 1 aromatic carbocycles. The van der Waals surface area contributed by atoms with Crippen LogP contribution < -0.4 is 5.32 Å². The van der Waals surface area contributed by atoms with Crippen LogP contribution in [-0.4, -0.2) is 31.1 Å². The predicted molar refractivity (Wildman–Crippen MR) is 83.1 cm³/mol. The number of likely N-dealkylation sites (tertiary alicyclic amines) is 1. The SMILES string of the molecule is CC(NC1CCN(C)CC1C)c1ccc(Cl)cc1Cl. The Morgan fingerprint density at radius 2 is 2.11 bits per heavy atom.